The maximum absolute atomic E-state index is 13.9. The van der Waals surface area contributed by atoms with Crippen molar-refractivity contribution in [2.24, 2.45) is 0 Å². The summed E-state index contributed by atoms with van der Waals surface area (Å²) in [7, 11) is 1.53. The van der Waals surface area contributed by atoms with Crippen molar-refractivity contribution < 1.29 is 9.13 Å². The van der Waals surface area contributed by atoms with Gasteiger partial charge in [0.2, 0.25) is 0 Å². The molecule has 0 N–H and O–H groups in total. The van der Waals surface area contributed by atoms with Crippen LogP contribution >= 0.6 is 11.6 Å². The van der Waals surface area contributed by atoms with Crippen LogP contribution in [0, 0.1) is 5.82 Å². The normalized spacial score (nSPS) is 13.0. The third kappa shape index (κ3) is 3.03. The summed E-state index contributed by atoms with van der Waals surface area (Å²) in [6.45, 7) is 0.692. The Morgan fingerprint density at radius 2 is 1.86 bits per heavy atom. The Balaban J connectivity index is 1.63. The van der Waals surface area contributed by atoms with Gasteiger partial charge in [-0.05, 0) is 41.8 Å². The van der Waals surface area contributed by atoms with E-state index in [1.165, 1.54) is 19.5 Å². The molecule has 3 heterocycles. The number of hydrogen-bond acceptors (Lipinski definition) is 6. The zero-order valence-corrected chi connectivity index (χ0v) is 16.2. The second-order valence-electron chi connectivity index (χ2n) is 6.68. The first-order valence-electron chi connectivity index (χ1n) is 9.00. The van der Waals surface area contributed by atoms with Gasteiger partial charge in [-0.2, -0.15) is 0 Å². The molecule has 1 aliphatic rings. The molecule has 0 atom stereocenters. The van der Waals surface area contributed by atoms with E-state index < -0.39 is 5.82 Å². The highest BCUT2D eigenvalue weighted by Crippen LogP contribution is 2.39. The van der Waals surface area contributed by atoms with Crippen LogP contribution < -0.4 is 9.64 Å². The number of rotatable bonds is 3. The number of aromatic nitrogens is 4. The Kier molecular flexibility index (Phi) is 4.24. The van der Waals surface area contributed by atoms with E-state index in [1.807, 2.05) is 18.2 Å². The molecule has 5 rings (SSSR count). The minimum atomic E-state index is -0.401. The molecule has 0 aliphatic carbocycles. The molecule has 0 unspecified atom stereocenters. The second kappa shape index (κ2) is 6.93. The molecule has 1 aliphatic heterocycles. The maximum atomic E-state index is 13.9. The van der Waals surface area contributed by atoms with E-state index in [2.05, 4.69) is 24.8 Å². The van der Waals surface area contributed by atoms with Gasteiger partial charge in [-0.25, -0.2) is 24.3 Å². The van der Waals surface area contributed by atoms with E-state index in [0.29, 0.717) is 12.6 Å². The summed E-state index contributed by atoms with van der Waals surface area (Å²) in [4.78, 5) is 19.3. The van der Waals surface area contributed by atoms with Gasteiger partial charge in [0.1, 0.15) is 18.0 Å². The van der Waals surface area contributed by atoms with Crippen LogP contribution in [-0.2, 0) is 6.42 Å². The van der Waals surface area contributed by atoms with Gasteiger partial charge in [0, 0.05) is 35.6 Å². The van der Waals surface area contributed by atoms with E-state index in [-0.39, 0.29) is 5.02 Å². The van der Waals surface area contributed by atoms with Crippen LogP contribution in [0.25, 0.3) is 22.0 Å². The predicted molar refractivity (Wildman–Crippen MR) is 109 cm³/mol. The molecular weight excluding hydrogens is 393 g/mol. The molecule has 4 aromatic rings. The number of anilines is 2. The highest BCUT2D eigenvalue weighted by Gasteiger charge is 2.25. The number of ether oxygens (including phenoxy) is 1. The molecular formula is C21H15ClFN5O. The van der Waals surface area contributed by atoms with Gasteiger partial charge in [-0.1, -0.05) is 17.7 Å². The van der Waals surface area contributed by atoms with Gasteiger partial charge in [0.25, 0.3) is 0 Å². The highest BCUT2D eigenvalue weighted by atomic mass is 35.5. The number of benzene rings is 2. The van der Waals surface area contributed by atoms with Crippen LogP contribution in [0.4, 0.5) is 15.9 Å². The second-order valence-corrected chi connectivity index (χ2v) is 7.09. The van der Waals surface area contributed by atoms with Crippen molar-refractivity contribution in [3.8, 4) is 17.1 Å². The minimum absolute atomic E-state index is 0.102. The van der Waals surface area contributed by atoms with E-state index in [9.17, 15) is 4.39 Å². The number of nitrogens with zero attached hydrogens (tertiary/aromatic N) is 5. The van der Waals surface area contributed by atoms with Crippen molar-refractivity contribution in [1.82, 2.24) is 19.9 Å². The summed E-state index contributed by atoms with van der Waals surface area (Å²) in [6, 6.07) is 9.40. The van der Waals surface area contributed by atoms with Crippen molar-refractivity contribution in [1.29, 1.82) is 0 Å². The molecule has 2 aromatic heterocycles. The van der Waals surface area contributed by atoms with Gasteiger partial charge in [0.05, 0.1) is 17.6 Å². The lowest BCUT2D eigenvalue weighted by atomic mass is 10.1. The maximum Gasteiger partial charge on any atom is 0.316 e. The van der Waals surface area contributed by atoms with Crippen LogP contribution in [-0.4, -0.2) is 33.6 Å². The number of fused-ring (bicyclic) bond motifs is 2. The molecule has 8 heteroatoms. The SMILES string of the molecule is COc1ncc(-c2ccc3ncnc(N4CCc5cc(F)c(Cl)cc54)c3c2)cn1. The lowest BCUT2D eigenvalue weighted by Gasteiger charge is -2.20. The van der Waals surface area contributed by atoms with Crippen molar-refractivity contribution in [3.63, 3.8) is 0 Å². The van der Waals surface area contributed by atoms with Crippen molar-refractivity contribution in [2.75, 3.05) is 18.6 Å². The number of hydrogen-bond donors (Lipinski definition) is 0. The highest BCUT2D eigenvalue weighted by molar-refractivity contribution is 6.31. The molecule has 0 saturated carbocycles. The summed E-state index contributed by atoms with van der Waals surface area (Å²) in [5, 5.41) is 0.985. The summed E-state index contributed by atoms with van der Waals surface area (Å²) in [5.74, 6) is 0.356. The zero-order valence-electron chi connectivity index (χ0n) is 15.4. The van der Waals surface area contributed by atoms with Gasteiger partial charge in [-0.15, -0.1) is 0 Å². The molecule has 144 valence electrons. The fraction of sp³-hybridized carbons (Fsp3) is 0.143. The molecule has 0 radical (unpaired) electrons. The topological polar surface area (TPSA) is 64.0 Å². The average molecular weight is 408 g/mol. The number of methoxy groups -OCH3 is 1. The van der Waals surface area contributed by atoms with E-state index in [1.54, 1.807) is 18.5 Å². The van der Waals surface area contributed by atoms with Crippen molar-refractivity contribution in [2.45, 2.75) is 6.42 Å². The largest absolute Gasteiger partial charge is 0.467 e. The molecule has 2 aromatic carbocycles. The summed E-state index contributed by atoms with van der Waals surface area (Å²) >= 11 is 6.03. The molecule has 29 heavy (non-hydrogen) atoms. The summed E-state index contributed by atoms with van der Waals surface area (Å²) in [5.41, 5.74) is 4.39. The summed E-state index contributed by atoms with van der Waals surface area (Å²) < 4.78 is 18.9. The number of halogens is 2. The first-order chi connectivity index (χ1) is 14.1. The van der Waals surface area contributed by atoms with Gasteiger partial charge in [-0.3, -0.25) is 0 Å². The monoisotopic (exact) mass is 407 g/mol. The third-order valence-corrected chi connectivity index (χ3v) is 5.32. The Labute approximate surface area is 171 Å². The first-order valence-corrected chi connectivity index (χ1v) is 9.38. The Hall–Kier alpha value is -3.32. The van der Waals surface area contributed by atoms with Crippen LogP contribution in [0.5, 0.6) is 6.01 Å². The predicted octanol–water partition coefficient (Wildman–Crippen LogP) is 4.58. The standard InChI is InChI=1S/C21H15ClFN5O/c1-29-21-24-9-14(10-25-21)12-2-3-18-15(6-12)20(27-11-26-18)28-5-4-13-7-17(23)16(22)8-19(13)28/h2-3,6-11H,4-5H2,1H3. The zero-order chi connectivity index (χ0) is 20.0. The molecule has 0 bridgehead atoms. The van der Waals surface area contributed by atoms with Crippen LogP contribution in [0.15, 0.2) is 49.1 Å². The Morgan fingerprint density at radius 3 is 2.66 bits per heavy atom. The lowest BCUT2D eigenvalue weighted by Crippen LogP contribution is -2.15. The van der Waals surface area contributed by atoms with Crippen LogP contribution in [0.3, 0.4) is 0 Å². The minimum Gasteiger partial charge on any atom is -0.467 e. The van der Waals surface area contributed by atoms with Crippen molar-refractivity contribution >= 4 is 34.0 Å². The Morgan fingerprint density at radius 1 is 1.03 bits per heavy atom. The fourth-order valence-electron chi connectivity index (χ4n) is 3.61. The third-order valence-electron chi connectivity index (χ3n) is 5.03. The lowest BCUT2D eigenvalue weighted by molar-refractivity contribution is 0.380. The molecule has 0 fully saturated rings. The Bertz CT molecular complexity index is 1230. The average Bonchev–Trinajstić information content (AvgIpc) is 3.15. The van der Waals surface area contributed by atoms with Gasteiger partial charge < -0.3 is 9.64 Å². The van der Waals surface area contributed by atoms with E-state index in [0.717, 1.165) is 45.5 Å². The van der Waals surface area contributed by atoms with Gasteiger partial charge >= 0.3 is 6.01 Å². The molecule has 0 saturated heterocycles. The molecule has 0 spiro atoms. The fourth-order valence-corrected chi connectivity index (χ4v) is 3.77. The molecule has 0 amide bonds. The van der Waals surface area contributed by atoms with Crippen molar-refractivity contribution in [3.05, 3.63) is 65.5 Å². The molecule has 6 nitrogen and oxygen atoms in total. The van der Waals surface area contributed by atoms with E-state index in [4.69, 9.17) is 16.3 Å². The quantitative estimate of drug-likeness (QED) is 0.495. The van der Waals surface area contributed by atoms with Crippen LogP contribution in [0.2, 0.25) is 5.02 Å². The summed E-state index contributed by atoms with van der Waals surface area (Å²) in [6.07, 6.45) is 5.69. The first kappa shape index (κ1) is 17.8. The van der Waals surface area contributed by atoms with E-state index >= 15 is 0 Å². The van der Waals surface area contributed by atoms with Gasteiger partial charge in [0.15, 0.2) is 0 Å². The smallest absolute Gasteiger partial charge is 0.316 e. The van der Waals surface area contributed by atoms with Crippen LogP contribution in [0.1, 0.15) is 5.56 Å².